The fourth-order valence-electron chi connectivity index (χ4n) is 3.77. The molecule has 2 heterocycles. The second kappa shape index (κ2) is 9.05. The largest absolute Gasteiger partial charge is 0.335 e. The lowest BCUT2D eigenvalue weighted by atomic mass is 10.1. The number of nitro benzene ring substituents is 1. The Morgan fingerprint density at radius 1 is 1.06 bits per heavy atom. The van der Waals surface area contributed by atoms with Crippen molar-refractivity contribution in [1.29, 1.82) is 0 Å². The van der Waals surface area contributed by atoms with Gasteiger partial charge in [-0.3, -0.25) is 19.8 Å². The molecule has 1 fully saturated rings. The number of amides is 1. The predicted molar refractivity (Wildman–Crippen MR) is 115 cm³/mol. The van der Waals surface area contributed by atoms with Crippen LogP contribution in [0.3, 0.4) is 0 Å². The summed E-state index contributed by atoms with van der Waals surface area (Å²) in [7, 11) is 0. The molecule has 1 aliphatic heterocycles. The van der Waals surface area contributed by atoms with E-state index in [1.54, 1.807) is 24.0 Å². The van der Waals surface area contributed by atoms with E-state index < -0.39 is 4.92 Å². The highest BCUT2D eigenvalue weighted by Gasteiger charge is 2.26. The maximum atomic E-state index is 13.0. The van der Waals surface area contributed by atoms with Gasteiger partial charge in [-0.15, -0.1) is 5.10 Å². The third-order valence-electron chi connectivity index (χ3n) is 5.60. The number of nitro groups is 1. The number of non-ortho nitro benzene ring substituents is 1. The Labute approximate surface area is 180 Å². The van der Waals surface area contributed by atoms with Crippen LogP contribution in [0.15, 0.2) is 54.6 Å². The van der Waals surface area contributed by atoms with Crippen molar-refractivity contribution >= 4 is 11.6 Å². The lowest BCUT2D eigenvalue weighted by molar-refractivity contribution is -0.384. The molecule has 0 saturated carbocycles. The van der Waals surface area contributed by atoms with E-state index in [0.717, 1.165) is 26.1 Å². The summed E-state index contributed by atoms with van der Waals surface area (Å²) in [5.74, 6) is -0.156. The number of carbonyl (C=O) groups excluding carboxylic acids is 1. The van der Waals surface area contributed by atoms with E-state index >= 15 is 0 Å². The van der Waals surface area contributed by atoms with Crippen molar-refractivity contribution in [3.63, 3.8) is 0 Å². The number of carbonyl (C=O) groups is 1. The number of piperazine rings is 1. The van der Waals surface area contributed by atoms with Crippen LogP contribution in [0.2, 0.25) is 0 Å². The quantitative estimate of drug-likeness (QED) is 0.449. The van der Waals surface area contributed by atoms with E-state index in [2.05, 4.69) is 39.5 Å². The molecule has 0 radical (unpaired) electrons. The Hall–Kier alpha value is -3.59. The molecule has 1 aromatic heterocycles. The van der Waals surface area contributed by atoms with Gasteiger partial charge in [0, 0.05) is 44.9 Å². The van der Waals surface area contributed by atoms with Crippen molar-refractivity contribution < 1.29 is 9.72 Å². The van der Waals surface area contributed by atoms with Gasteiger partial charge in [-0.25, -0.2) is 4.68 Å². The van der Waals surface area contributed by atoms with Gasteiger partial charge in [0.25, 0.3) is 11.6 Å². The molecule has 9 heteroatoms. The van der Waals surface area contributed by atoms with Gasteiger partial charge in [-0.05, 0) is 25.0 Å². The van der Waals surface area contributed by atoms with Crippen molar-refractivity contribution in [2.75, 3.05) is 32.7 Å². The van der Waals surface area contributed by atoms with Gasteiger partial charge >= 0.3 is 0 Å². The molecule has 31 heavy (non-hydrogen) atoms. The lowest BCUT2D eigenvalue weighted by Crippen LogP contribution is -2.49. The first kappa shape index (κ1) is 20.7. The monoisotopic (exact) mass is 420 g/mol. The Bertz CT molecular complexity index is 1070. The second-order valence-electron chi connectivity index (χ2n) is 7.58. The van der Waals surface area contributed by atoms with Crippen LogP contribution < -0.4 is 0 Å². The summed E-state index contributed by atoms with van der Waals surface area (Å²) >= 11 is 0. The van der Waals surface area contributed by atoms with E-state index in [9.17, 15) is 14.9 Å². The van der Waals surface area contributed by atoms with Crippen LogP contribution in [-0.4, -0.2) is 68.3 Å². The van der Waals surface area contributed by atoms with Gasteiger partial charge in [0.15, 0.2) is 5.69 Å². The number of aromatic nitrogens is 3. The average Bonchev–Trinajstić information content (AvgIpc) is 3.19. The minimum absolute atomic E-state index is 0.0353. The Kier molecular flexibility index (Phi) is 6.03. The van der Waals surface area contributed by atoms with Crippen molar-refractivity contribution in [2.45, 2.75) is 13.3 Å². The zero-order chi connectivity index (χ0) is 21.8. The average molecular weight is 420 g/mol. The topological polar surface area (TPSA) is 97.4 Å². The van der Waals surface area contributed by atoms with E-state index in [-0.39, 0.29) is 17.3 Å². The normalized spacial score (nSPS) is 14.5. The molecule has 160 valence electrons. The summed E-state index contributed by atoms with van der Waals surface area (Å²) in [6.07, 6.45) is 0.992. The number of hydrogen-bond donors (Lipinski definition) is 0. The Morgan fingerprint density at radius 3 is 2.52 bits per heavy atom. The molecule has 1 saturated heterocycles. The SMILES string of the molecule is Cc1c(C(=O)N2CCN(CCc3ccccc3)CC2)nnn1-c1cccc([N+](=O)[O-])c1. The van der Waals surface area contributed by atoms with Crippen molar-refractivity contribution in [1.82, 2.24) is 24.8 Å². The molecule has 0 N–H and O–H groups in total. The number of nitrogens with zero attached hydrogens (tertiary/aromatic N) is 6. The zero-order valence-electron chi connectivity index (χ0n) is 17.3. The highest BCUT2D eigenvalue weighted by atomic mass is 16.6. The van der Waals surface area contributed by atoms with Crippen LogP contribution in [0.5, 0.6) is 0 Å². The molecule has 2 aromatic carbocycles. The third kappa shape index (κ3) is 4.61. The Balaban J connectivity index is 1.38. The summed E-state index contributed by atoms with van der Waals surface area (Å²) in [5.41, 5.74) is 2.63. The molecule has 1 amide bonds. The van der Waals surface area contributed by atoms with Crippen molar-refractivity contribution in [3.8, 4) is 5.69 Å². The van der Waals surface area contributed by atoms with Crippen LogP contribution in [0.25, 0.3) is 5.69 Å². The van der Waals surface area contributed by atoms with Gasteiger partial charge < -0.3 is 4.90 Å². The number of rotatable bonds is 6. The molecule has 0 aliphatic carbocycles. The first-order valence-electron chi connectivity index (χ1n) is 10.3. The van der Waals surface area contributed by atoms with E-state index in [0.29, 0.717) is 24.5 Å². The number of benzene rings is 2. The van der Waals surface area contributed by atoms with Gasteiger partial charge in [-0.1, -0.05) is 41.6 Å². The second-order valence-corrected chi connectivity index (χ2v) is 7.58. The van der Waals surface area contributed by atoms with E-state index in [1.807, 2.05) is 6.07 Å². The lowest BCUT2D eigenvalue weighted by Gasteiger charge is -2.34. The van der Waals surface area contributed by atoms with Crippen LogP contribution in [0, 0.1) is 17.0 Å². The summed E-state index contributed by atoms with van der Waals surface area (Å²) < 4.78 is 1.47. The standard InChI is InChI=1S/C22H24N6O3/c1-17-21(23-24-27(17)19-8-5-9-20(16-19)28(30)31)22(29)26-14-12-25(13-15-26)11-10-18-6-3-2-4-7-18/h2-9,16H,10-15H2,1H3. The van der Waals surface area contributed by atoms with Crippen LogP contribution >= 0.6 is 0 Å². The molecule has 0 spiro atoms. The molecule has 0 atom stereocenters. The molecule has 3 aromatic rings. The highest BCUT2D eigenvalue weighted by Crippen LogP contribution is 2.19. The zero-order valence-corrected chi connectivity index (χ0v) is 17.3. The van der Waals surface area contributed by atoms with Crippen molar-refractivity contribution in [3.05, 3.63) is 81.7 Å². The predicted octanol–water partition coefficient (Wildman–Crippen LogP) is 2.48. The van der Waals surface area contributed by atoms with Gasteiger partial charge in [0.1, 0.15) is 0 Å². The third-order valence-corrected chi connectivity index (χ3v) is 5.60. The maximum absolute atomic E-state index is 13.0. The number of hydrogen-bond acceptors (Lipinski definition) is 6. The van der Waals surface area contributed by atoms with Crippen LogP contribution in [-0.2, 0) is 6.42 Å². The molecular formula is C22H24N6O3. The first-order valence-corrected chi connectivity index (χ1v) is 10.3. The molecule has 9 nitrogen and oxygen atoms in total. The summed E-state index contributed by atoms with van der Waals surface area (Å²) in [5, 5.41) is 19.2. The maximum Gasteiger partial charge on any atom is 0.276 e. The van der Waals surface area contributed by atoms with Gasteiger partial charge in [-0.2, -0.15) is 0 Å². The molecule has 0 bridgehead atoms. The molecular weight excluding hydrogens is 396 g/mol. The summed E-state index contributed by atoms with van der Waals surface area (Å²) in [6.45, 7) is 5.62. The van der Waals surface area contributed by atoms with Crippen LogP contribution in [0.4, 0.5) is 5.69 Å². The first-order chi connectivity index (χ1) is 15.0. The Morgan fingerprint density at radius 2 is 1.81 bits per heavy atom. The van der Waals surface area contributed by atoms with Gasteiger partial charge in [0.05, 0.1) is 16.3 Å². The fraction of sp³-hybridized carbons (Fsp3) is 0.318. The summed E-state index contributed by atoms with van der Waals surface area (Å²) in [6, 6.07) is 16.5. The van der Waals surface area contributed by atoms with Crippen molar-refractivity contribution in [2.24, 2.45) is 0 Å². The molecule has 1 aliphatic rings. The highest BCUT2D eigenvalue weighted by molar-refractivity contribution is 5.93. The fourth-order valence-corrected chi connectivity index (χ4v) is 3.77. The van der Waals surface area contributed by atoms with Crippen LogP contribution in [0.1, 0.15) is 21.7 Å². The van der Waals surface area contributed by atoms with Gasteiger partial charge in [0.2, 0.25) is 0 Å². The minimum atomic E-state index is -0.459. The molecule has 0 unspecified atom stereocenters. The molecule has 4 rings (SSSR count). The van der Waals surface area contributed by atoms with E-state index in [4.69, 9.17) is 0 Å². The summed E-state index contributed by atoms with van der Waals surface area (Å²) in [4.78, 5) is 27.8. The smallest absolute Gasteiger partial charge is 0.276 e. The van der Waals surface area contributed by atoms with E-state index in [1.165, 1.54) is 22.4 Å². The minimum Gasteiger partial charge on any atom is -0.335 e.